The van der Waals surface area contributed by atoms with Crippen LogP contribution in [0.3, 0.4) is 0 Å². The molecule has 0 saturated carbocycles. The third-order valence-corrected chi connectivity index (χ3v) is 4.68. The fourth-order valence-electron chi connectivity index (χ4n) is 3.29. The molecule has 0 spiro atoms. The lowest BCUT2D eigenvalue weighted by Gasteiger charge is -2.34. The summed E-state index contributed by atoms with van der Waals surface area (Å²) in [6.45, 7) is 2.68. The van der Waals surface area contributed by atoms with Crippen molar-refractivity contribution in [2.45, 2.75) is 18.9 Å². The monoisotopic (exact) mass is 404 g/mol. The molecular weight excluding hydrogens is 385 g/mol. The van der Waals surface area contributed by atoms with Gasteiger partial charge >= 0.3 is 6.36 Å². The Labute approximate surface area is 165 Å². The highest BCUT2D eigenvalue weighted by Gasteiger charge is 2.31. The lowest BCUT2D eigenvalue weighted by Crippen LogP contribution is -2.39. The second-order valence-electron chi connectivity index (χ2n) is 6.67. The first-order chi connectivity index (χ1) is 14.0. The molecule has 0 amide bonds. The lowest BCUT2D eigenvalue weighted by molar-refractivity contribution is -0.274. The number of nitrogens with one attached hydrogen (secondary N) is 1. The smallest absolute Gasteiger partial charge is 0.406 e. The molecule has 3 heterocycles. The zero-order valence-corrected chi connectivity index (χ0v) is 15.4. The Morgan fingerprint density at radius 3 is 2.62 bits per heavy atom. The highest BCUT2D eigenvalue weighted by Crippen LogP contribution is 2.28. The van der Waals surface area contributed by atoms with E-state index in [1.54, 1.807) is 30.7 Å². The Bertz CT molecular complexity index is 929. The van der Waals surface area contributed by atoms with Crippen LogP contribution in [-0.4, -0.2) is 46.0 Å². The maximum Gasteiger partial charge on any atom is 0.573 e. The third kappa shape index (κ3) is 4.93. The summed E-state index contributed by atoms with van der Waals surface area (Å²) < 4.78 is 46.5. The zero-order chi connectivity index (χ0) is 20.3. The summed E-state index contributed by atoms with van der Waals surface area (Å²) in [7, 11) is 0. The van der Waals surface area contributed by atoms with Crippen LogP contribution in [0.2, 0.25) is 0 Å². The van der Waals surface area contributed by atoms with Gasteiger partial charge in [-0.1, -0.05) is 0 Å². The molecule has 1 unspecified atom stereocenters. The number of rotatable bonds is 5. The summed E-state index contributed by atoms with van der Waals surface area (Å²) in [5.41, 5.74) is 2.59. The molecule has 1 saturated heterocycles. The number of halogens is 3. The van der Waals surface area contributed by atoms with E-state index in [2.05, 4.69) is 24.6 Å². The number of imidazole rings is 1. The van der Waals surface area contributed by atoms with E-state index in [1.165, 1.54) is 12.1 Å². The predicted octanol–water partition coefficient (Wildman–Crippen LogP) is 3.94. The number of aromatic nitrogens is 3. The van der Waals surface area contributed by atoms with E-state index in [9.17, 15) is 13.2 Å². The maximum absolute atomic E-state index is 12.3. The summed E-state index contributed by atoms with van der Waals surface area (Å²) >= 11 is 0. The molecule has 152 valence electrons. The Balaban J connectivity index is 1.49. The highest BCUT2D eigenvalue weighted by molar-refractivity contribution is 5.59. The number of benzene rings is 1. The van der Waals surface area contributed by atoms with Gasteiger partial charge in [-0.15, -0.1) is 13.2 Å². The molecule has 0 aliphatic carbocycles. The van der Waals surface area contributed by atoms with Crippen LogP contribution in [0.25, 0.3) is 11.3 Å². The minimum atomic E-state index is -4.71. The summed E-state index contributed by atoms with van der Waals surface area (Å²) in [4.78, 5) is 14.1. The van der Waals surface area contributed by atoms with E-state index in [4.69, 9.17) is 4.74 Å². The van der Waals surface area contributed by atoms with E-state index < -0.39 is 6.36 Å². The Morgan fingerprint density at radius 1 is 1.14 bits per heavy atom. The van der Waals surface area contributed by atoms with Gasteiger partial charge in [0.25, 0.3) is 0 Å². The van der Waals surface area contributed by atoms with Gasteiger partial charge in [-0.25, -0.2) is 4.98 Å². The molecule has 1 aliphatic heterocycles. The number of nitrogens with zero attached hydrogens (tertiary/aromatic N) is 3. The third-order valence-electron chi connectivity index (χ3n) is 4.68. The van der Waals surface area contributed by atoms with Gasteiger partial charge in [-0.3, -0.25) is 9.88 Å². The molecule has 3 aromatic rings. The first-order valence-corrected chi connectivity index (χ1v) is 9.10. The number of H-pyrrole nitrogens is 1. The quantitative estimate of drug-likeness (QED) is 0.698. The largest absolute Gasteiger partial charge is 0.573 e. The van der Waals surface area contributed by atoms with E-state index in [1.807, 2.05) is 12.1 Å². The molecule has 1 fully saturated rings. The van der Waals surface area contributed by atoms with Crippen molar-refractivity contribution in [2.75, 3.05) is 19.8 Å². The van der Waals surface area contributed by atoms with Gasteiger partial charge in [0, 0.05) is 25.5 Å². The molecule has 1 aliphatic rings. The Hall–Kier alpha value is -2.91. The minimum Gasteiger partial charge on any atom is -0.406 e. The maximum atomic E-state index is 12.3. The van der Waals surface area contributed by atoms with E-state index in [0.29, 0.717) is 18.9 Å². The van der Waals surface area contributed by atoms with Crippen LogP contribution in [0.4, 0.5) is 13.2 Å². The van der Waals surface area contributed by atoms with E-state index in [0.717, 1.165) is 30.0 Å². The van der Waals surface area contributed by atoms with Crippen molar-refractivity contribution < 1.29 is 22.6 Å². The van der Waals surface area contributed by atoms with Gasteiger partial charge in [0.2, 0.25) is 0 Å². The molecule has 2 aromatic heterocycles. The van der Waals surface area contributed by atoms with Gasteiger partial charge in [-0.2, -0.15) is 0 Å². The fourth-order valence-corrected chi connectivity index (χ4v) is 3.29. The van der Waals surface area contributed by atoms with Gasteiger partial charge in [0.1, 0.15) is 11.6 Å². The molecular formula is C20H19F3N4O2. The number of pyridine rings is 1. The number of hydrogen-bond acceptors (Lipinski definition) is 5. The average molecular weight is 404 g/mol. The average Bonchev–Trinajstić information content (AvgIpc) is 3.19. The Kier molecular flexibility index (Phi) is 5.50. The normalized spacial score (nSPS) is 18.0. The summed E-state index contributed by atoms with van der Waals surface area (Å²) in [5, 5.41) is 0. The molecule has 4 rings (SSSR count). The molecule has 1 atom stereocenters. The summed E-state index contributed by atoms with van der Waals surface area (Å²) in [6, 6.07) is 9.59. The first kappa shape index (κ1) is 19.4. The van der Waals surface area contributed by atoms with Gasteiger partial charge in [-0.05, 0) is 47.5 Å². The Morgan fingerprint density at radius 2 is 1.90 bits per heavy atom. The molecule has 29 heavy (non-hydrogen) atoms. The van der Waals surface area contributed by atoms with Crippen LogP contribution in [-0.2, 0) is 11.3 Å². The summed E-state index contributed by atoms with van der Waals surface area (Å²) in [6.07, 6.45) is 0.500. The van der Waals surface area contributed by atoms with Crippen LogP contribution in [0, 0.1) is 0 Å². The zero-order valence-electron chi connectivity index (χ0n) is 15.4. The van der Waals surface area contributed by atoms with Crippen LogP contribution >= 0.6 is 0 Å². The van der Waals surface area contributed by atoms with Crippen LogP contribution < -0.4 is 4.74 Å². The molecule has 9 heteroatoms. The van der Waals surface area contributed by atoms with Gasteiger partial charge < -0.3 is 14.5 Å². The second kappa shape index (κ2) is 8.22. The van der Waals surface area contributed by atoms with Crippen molar-refractivity contribution in [3.05, 3.63) is 66.4 Å². The van der Waals surface area contributed by atoms with Crippen molar-refractivity contribution in [3.63, 3.8) is 0 Å². The van der Waals surface area contributed by atoms with Crippen molar-refractivity contribution in [1.29, 1.82) is 0 Å². The van der Waals surface area contributed by atoms with Crippen molar-refractivity contribution in [3.8, 4) is 17.0 Å². The lowest BCUT2D eigenvalue weighted by atomic mass is 10.1. The van der Waals surface area contributed by atoms with Crippen LogP contribution in [0.1, 0.15) is 17.4 Å². The van der Waals surface area contributed by atoms with Crippen molar-refractivity contribution in [1.82, 2.24) is 19.9 Å². The second-order valence-corrected chi connectivity index (χ2v) is 6.67. The minimum absolute atomic E-state index is 0.0431. The van der Waals surface area contributed by atoms with E-state index >= 15 is 0 Å². The van der Waals surface area contributed by atoms with Crippen molar-refractivity contribution in [2.24, 2.45) is 0 Å². The molecule has 0 radical (unpaired) electrons. The molecule has 6 nitrogen and oxygen atoms in total. The van der Waals surface area contributed by atoms with Crippen LogP contribution in [0.5, 0.6) is 5.75 Å². The van der Waals surface area contributed by atoms with Crippen LogP contribution in [0.15, 0.2) is 55.0 Å². The van der Waals surface area contributed by atoms with E-state index in [-0.39, 0.29) is 11.8 Å². The van der Waals surface area contributed by atoms with Gasteiger partial charge in [0.05, 0.1) is 31.1 Å². The number of hydrogen-bond donors (Lipinski definition) is 1. The number of aromatic amines is 1. The number of morpholine rings is 1. The predicted molar refractivity (Wildman–Crippen MR) is 98.9 cm³/mol. The van der Waals surface area contributed by atoms with Gasteiger partial charge in [0.15, 0.2) is 0 Å². The molecule has 0 bridgehead atoms. The number of ether oxygens (including phenoxy) is 2. The van der Waals surface area contributed by atoms with Crippen molar-refractivity contribution >= 4 is 0 Å². The number of alkyl halides is 3. The standard InChI is InChI=1S/C20H19F3N4O2/c21-20(22,23)29-16-3-1-15(2-4-16)17-11-25-19(26-17)18-13-28-10-9-27(18)12-14-5-7-24-8-6-14/h1-8,11,18H,9-10,12-13H2,(H,25,26). The molecule has 1 N–H and O–H groups in total. The molecule has 1 aromatic carbocycles. The fraction of sp³-hybridized carbons (Fsp3) is 0.300. The summed E-state index contributed by atoms with van der Waals surface area (Å²) in [5.74, 6) is 0.495. The first-order valence-electron chi connectivity index (χ1n) is 9.10. The topological polar surface area (TPSA) is 63.3 Å². The SMILES string of the molecule is FC(F)(F)Oc1ccc(-c2cnc(C3COCCN3Cc3ccncc3)[nH]2)cc1. The highest BCUT2D eigenvalue weighted by atomic mass is 19.4.